The summed E-state index contributed by atoms with van der Waals surface area (Å²) in [6, 6.07) is 3.53. The lowest BCUT2D eigenvalue weighted by atomic mass is 10.0. The van der Waals surface area contributed by atoms with Gasteiger partial charge < -0.3 is 36.3 Å². The maximum absolute atomic E-state index is 13.6. The van der Waals surface area contributed by atoms with E-state index < -0.39 is 47.9 Å². The van der Waals surface area contributed by atoms with Crippen molar-refractivity contribution in [1.29, 1.82) is 0 Å². The van der Waals surface area contributed by atoms with Crippen molar-refractivity contribution in [3.05, 3.63) is 54.2 Å². The summed E-state index contributed by atoms with van der Waals surface area (Å²) in [6.45, 7) is 0.275. The van der Waals surface area contributed by atoms with E-state index in [0.717, 1.165) is 16.5 Å². The Kier molecular flexibility index (Phi) is 8.69. The summed E-state index contributed by atoms with van der Waals surface area (Å²) in [4.78, 5) is 62.8. The number of benzene rings is 1. The van der Waals surface area contributed by atoms with Crippen molar-refractivity contribution in [3.63, 3.8) is 0 Å². The van der Waals surface area contributed by atoms with E-state index in [1.54, 1.807) is 6.20 Å². The molecule has 2 aromatic heterocycles. The Morgan fingerprint density at radius 3 is 2.61 bits per heavy atom. The van der Waals surface area contributed by atoms with Crippen LogP contribution < -0.4 is 16.4 Å². The van der Waals surface area contributed by atoms with E-state index >= 15 is 0 Å². The fourth-order valence-corrected chi connectivity index (χ4v) is 4.83. The molecule has 12 nitrogen and oxygen atoms in total. The number of likely N-dealkylation sites (tertiary alicyclic amines) is 1. The molecule has 1 fully saturated rings. The summed E-state index contributed by atoms with van der Waals surface area (Å²) in [6.07, 6.45) is 5.84. The number of nitrogens with zero attached hydrogens (tertiary/aromatic N) is 2. The van der Waals surface area contributed by atoms with Crippen LogP contribution in [0.5, 0.6) is 0 Å². The molecule has 1 aliphatic rings. The maximum Gasteiger partial charge on any atom is 0.326 e. The lowest BCUT2D eigenvalue weighted by molar-refractivity contribution is -0.149. The largest absolute Gasteiger partial charge is 0.480 e. The van der Waals surface area contributed by atoms with Gasteiger partial charge in [-0.1, -0.05) is 18.2 Å². The van der Waals surface area contributed by atoms with E-state index in [2.05, 4.69) is 38.2 Å². The Morgan fingerprint density at radius 2 is 1.89 bits per heavy atom. The van der Waals surface area contributed by atoms with Gasteiger partial charge in [0.05, 0.1) is 12.4 Å². The van der Waals surface area contributed by atoms with Crippen molar-refractivity contribution >= 4 is 47.2 Å². The van der Waals surface area contributed by atoms with Gasteiger partial charge in [-0.15, -0.1) is 0 Å². The lowest BCUT2D eigenvalue weighted by Crippen LogP contribution is -2.58. The number of aromatic amines is 2. The van der Waals surface area contributed by atoms with E-state index in [1.807, 2.05) is 24.3 Å². The molecule has 1 saturated heterocycles. The molecule has 0 radical (unpaired) electrons. The fourth-order valence-electron chi connectivity index (χ4n) is 4.67. The Balaban J connectivity index is 1.59. The normalized spacial score (nSPS) is 17.6. The van der Waals surface area contributed by atoms with Crippen LogP contribution >= 0.6 is 12.6 Å². The number of thiol groups is 1. The van der Waals surface area contributed by atoms with Crippen LogP contribution in [0.25, 0.3) is 10.9 Å². The summed E-state index contributed by atoms with van der Waals surface area (Å²) in [5.74, 6) is -2.67. The van der Waals surface area contributed by atoms with Gasteiger partial charge in [0, 0.05) is 54.1 Å². The zero-order chi connectivity index (χ0) is 27.2. The van der Waals surface area contributed by atoms with E-state index in [0.29, 0.717) is 18.5 Å². The van der Waals surface area contributed by atoms with Crippen LogP contribution in [-0.2, 0) is 32.0 Å². The molecule has 0 bridgehead atoms. The SMILES string of the molecule is NC(CS)C(=O)NC(Cc1c[nH]c2ccccc12)C(=O)NC(Cc1cnc[nH]1)C(=O)N1CCCC1C(=O)O. The number of hydrogen-bond donors (Lipinski definition) is 7. The van der Waals surface area contributed by atoms with Crippen LogP contribution in [0.4, 0.5) is 0 Å². The molecule has 0 spiro atoms. The highest BCUT2D eigenvalue weighted by molar-refractivity contribution is 7.80. The zero-order valence-corrected chi connectivity index (χ0v) is 21.5. The van der Waals surface area contributed by atoms with Gasteiger partial charge in [-0.2, -0.15) is 12.6 Å². The predicted molar refractivity (Wildman–Crippen MR) is 142 cm³/mol. The lowest BCUT2D eigenvalue weighted by Gasteiger charge is -2.28. The molecule has 3 aromatic rings. The number of aromatic nitrogens is 3. The van der Waals surface area contributed by atoms with Gasteiger partial charge in [0.25, 0.3) is 0 Å². The number of H-pyrrole nitrogens is 2. The van der Waals surface area contributed by atoms with Crippen LogP contribution in [-0.4, -0.2) is 85.1 Å². The molecule has 38 heavy (non-hydrogen) atoms. The average Bonchev–Trinajstić information content (AvgIpc) is 3.68. The number of carboxylic acid groups (broad SMARTS) is 1. The predicted octanol–water partition coefficient (Wildman–Crippen LogP) is -0.0215. The van der Waals surface area contributed by atoms with Crippen molar-refractivity contribution in [1.82, 2.24) is 30.5 Å². The smallest absolute Gasteiger partial charge is 0.326 e. The number of fused-ring (bicyclic) bond motifs is 1. The van der Waals surface area contributed by atoms with Gasteiger partial charge in [-0.3, -0.25) is 14.4 Å². The van der Waals surface area contributed by atoms with Crippen LogP contribution in [0.3, 0.4) is 0 Å². The molecule has 4 atom stereocenters. The minimum atomic E-state index is -1.09. The third-order valence-electron chi connectivity index (χ3n) is 6.68. The van der Waals surface area contributed by atoms with Crippen molar-refractivity contribution in [2.75, 3.05) is 12.3 Å². The second-order valence-electron chi connectivity index (χ2n) is 9.28. The summed E-state index contributed by atoms with van der Waals surface area (Å²) < 4.78 is 0. The maximum atomic E-state index is 13.6. The number of nitrogens with one attached hydrogen (secondary N) is 4. The zero-order valence-electron chi connectivity index (χ0n) is 20.6. The standard InChI is InChI=1S/C25H31N7O5S/c26-17(12-38)22(33)30-19(8-14-10-28-18-5-2-1-4-16(14)18)23(34)31-20(9-15-11-27-13-29-15)24(35)32-7-3-6-21(32)25(36)37/h1-2,4-5,10-11,13,17,19-21,28,38H,3,6-9,12,26H2,(H,27,29)(H,30,33)(H,31,34)(H,36,37). The Hall–Kier alpha value is -3.84. The molecule has 202 valence electrons. The minimum Gasteiger partial charge on any atom is -0.480 e. The number of para-hydroxylation sites is 1. The third kappa shape index (κ3) is 6.17. The highest BCUT2D eigenvalue weighted by Crippen LogP contribution is 2.21. The number of carbonyl (C=O) groups is 4. The minimum absolute atomic E-state index is 0.0668. The second kappa shape index (κ2) is 12.1. The highest BCUT2D eigenvalue weighted by Gasteiger charge is 2.38. The first-order valence-electron chi connectivity index (χ1n) is 12.3. The van der Waals surface area contributed by atoms with Gasteiger partial charge in [0.15, 0.2) is 0 Å². The molecule has 7 N–H and O–H groups in total. The molecule has 4 rings (SSSR count). The Morgan fingerprint density at radius 1 is 1.13 bits per heavy atom. The second-order valence-corrected chi connectivity index (χ2v) is 9.65. The summed E-state index contributed by atoms with van der Waals surface area (Å²) in [7, 11) is 0. The molecule has 3 amide bonds. The first-order chi connectivity index (χ1) is 18.3. The van der Waals surface area contributed by atoms with Crippen molar-refractivity contribution in [2.45, 2.75) is 49.9 Å². The number of rotatable bonds is 11. The molecule has 13 heteroatoms. The Labute approximate surface area is 224 Å². The number of amides is 3. The van der Waals surface area contributed by atoms with E-state index in [-0.39, 0.29) is 25.1 Å². The molecule has 1 aliphatic heterocycles. The van der Waals surface area contributed by atoms with Crippen LogP contribution in [0, 0.1) is 0 Å². The third-order valence-corrected chi connectivity index (χ3v) is 7.07. The molecule has 0 saturated carbocycles. The van der Waals surface area contributed by atoms with E-state index in [9.17, 15) is 24.3 Å². The summed E-state index contributed by atoms with van der Waals surface area (Å²) >= 11 is 4.07. The van der Waals surface area contributed by atoms with Gasteiger partial charge in [-0.25, -0.2) is 9.78 Å². The van der Waals surface area contributed by atoms with Crippen LogP contribution in [0.15, 0.2) is 43.0 Å². The molecule has 0 aliphatic carbocycles. The Bertz CT molecular complexity index is 1290. The average molecular weight is 542 g/mol. The number of aliphatic carboxylic acids is 1. The molecular formula is C25H31N7O5S. The number of hydrogen-bond acceptors (Lipinski definition) is 7. The molecule has 1 aromatic carbocycles. The van der Waals surface area contributed by atoms with Gasteiger partial charge in [0.2, 0.25) is 17.7 Å². The number of nitrogens with two attached hydrogens (primary N) is 1. The first kappa shape index (κ1) is 27.2. The van der Waals surface area contributed by atoms with Crippen molar-refractivity contribution < 1.29 is 24.3 Å². The number of imidazole rings is 1. The van der Waals surface area contributed by atoms with Gasteiger partial charge >= 0.3 is 5.97 Å². The quantitative estimate of drug-likeness (QED) is 0.166. The van der Waals surface area contributed by atoms with Crippen LogP contribution in [0.1, 0.15) is 24.1 Å². The molecular weight excluding hydrogens is 510 g/mol. The number of carbonyl (C=O) groups excluding carboxylic acids is 3. The van der Waals surface area contributed by atoms with Gasteiger partial charge in [-0.05, 0) is 24.5 Å². The topological polar surface area (TPSA) is 186 Å². The fraction of sp³-hybridized carbons (Fsp3) is 0.400. The summed E-state index contributed by atoms with van der Waals surface area (Å²) in [5, 5.41) is 15.9. The van der Waals surface area contributed by atoms with E-state index in [4.69, 9.17) is 5.73 Å². The van der Waals surface area contributed by atoms with Gasteiger partial charge in [0.1, 0.15) is 18.1 Å². The van der Waals surface area contributed by atoms with Crippen molar-refractivity contribution in [2.24, 2.45) is 5.73 Å². The number of carboxylic acids is 1. The van der Waals surface area contributed by atoms with E-state index in [1.165, 1.54) is 17.4 Å². The van der Waals surface area contributed by atoms with Crippen LogP contribution in [0.2, 0.25) is 0 Å². The van der Waals surface area contributed by atoms with Crippen molar-refractivity contribution in [3.8, 4) is 0 Å². The molecule has 3 heterocycles. The first-order valence-corrected chi connectivity index (χ1v) is 12.9. The monoisotopic (exact) mass is 541 g/mol. The summed E-state index contributed by atoms with van der Waals surface area (Å²) in [5.41, 5.74) is 8.10. The molecule has 4 unspecified atom stereocenters. The highest BCUT2D eigenvalue weighted by atomic mass is 32.1.